The van der Waals surface area contributed by atoms with Crippen LogP contribution in [0.2, 0.25) is 0 Å². The number of hydrogen-bond donors (Lipinski definition) is 1. The van der Waals surface area contributed by atoms with Gasteiger partial charge < -0.3 is 10.0 Å². The molecule has 0 saturated carbocycles. The van der Waals surface area contributed by atoms with Gasteiger partial charge in [-0.15, -0.1) is 0 Å². The lowest BCUT2D eigenvalue weighted by molar-refractivity contribution is 0.112. The lowest BCUT2D eigenvalue weighted by Gasteiger charge is -2.22. The highest BCUT2D eigenvalue weighted by atomic mass is 32.1. The lowest BCUT2D eigenvalue weighted by atomic mass is 10.0. The summed E-state index contributed by atoms with van der Waals surface area (Å²) >= 11 is 1.62. The Kier molecular flexibility index (Phi) is 6.97. The van der Waals surface area contributed by atoms with Gasteiger partial charge >= 0.3 is 0 Å². The van der Waals surface area contributed by atoms with E-state index in [0.717, 1.165) is 58.1 Å². The van der Waals surface area contributed by atoms with E-state index < -0.39 is 0 Å². The Morgan fingerprint density at radius 1 is 0.969 bits per heavy atom. The molecule has 0 bridgehead atoms. The molecule has 0 aliphatic heterocycles. The van der Waals surface area contributed by atoms with Crippen LogP contribution in [0.5, 0.6) is 5.75 Å². The van der Waals surface area contributed by atoms with Gasteiger partial charge in [-0.1, -0.05) is 91.4 Å². The van der Waals surface area contributed by atoms with Crippen LogP contribution < -0.4 is 4.90 Å². The van der Waals surface area contributed by atoms with Gasteiger partial charge in [0, 0.05) is 29.8 Å². The predicted molar refractivity (Wildman–Crippen MR) is 132 cm³/mol. The highest BCUT2D eigenvalue weighted by Gasteiger charge is 2.20. The van der Waals surface area contributed by atoms with Crippen molar-refractivity contribution < 1.29 is 9.90 Å². The first-order chi connectivity index (χ1) is 15.7. The minimum Gasteiger partial charge on any atom is -0.508 e. The van der Waals surface area contributed by atoms with Gasteiger partial charge in [-0.05, 0) is 24.1 Å². The number of aldehydes is 1. The Balaban J connectivity index is 1.80. The summed E-state index contributed by atoms with van der Waals surface area (Å²) in [5.74, 6) is 0.266. The molecule has 0 saturated heterocycles. The number of hydrogen-bond acceptors (Lipinski definition) is 5. The molecule has 0 fully saturated rings. The summed E-state index contributed by atoms with van der Waals surface area (Å²) in [5.41, 5.74) is 4.62. The monoisotopic (exact) mass is 442 g/mol. The first-order valence-corrected chi connectivity index (χ1v) is 11.6. The highest BCUT2D eigenvalue weighted by Crippen LogP contribution is 2.41. The summed E-state index contributed by atoms with van der Waals surface area (Å²) in [5, 5.41) is 10.6. The molecule has 4 aromatic rings. The Hall–Kier alpha value is -3.44. The average molecular weight is 443 g/mol. The zero-order valence-electron chi connectivity index (χ0n) is 18.1. The first-order valence-electron chi connectivity index (χ1n) is 10.8. The molecule has 1 heterocycles. The van der Waals surface area contributed by atoms with E-state index in [1.54, 1.807) is 23.5 Å². The van der Waals surface area contributed by atoms with Crippen molar-refractivity contribution >= 4 is 22.8 Å². The topological polar surface area (TPSA) is 53.4 Å². The van der Waals surface area contributed by atoms with Crippen LogP contribution in [0.1, 0.15) is 35.7 Å². The van der Waals surface area contributed by atoms with Crippen molar-refractivity contribution in [3.05, 3.63) is 90.0 Å². The molecule has 0 spiro atoms. The third kappa shape index (κ3) is 4.89. The molecular weight excluding hydrogens is 416 g/mol. The SMILES string of the molecule is CCCCN(Cc1ccc(O)cc1)c1nc(-c2ccccc2)c(-c2ccccc2C=O)s1. The van der Waals surface area contributed by atoms with E-state index in [1.807, 2.05) is 54.6 Å². The van der Waals surface area contributed by atoms with Gasteiger partial charge in [-0.2, -0.15) is 0 Å². The second-order valence-corrected chi connectivity index (χ2v) is 8.66. The quantitative estimate of drug-likeness (QED) is 0.290. The van der Waals surface area contributed by atoms with Crippen LogP contribution in [-0.2, 0) is 6.54 Å². The summed E-state index contributed by atoms with van der Waals surface area (Å²) in [4.78, 5) is 20.1. The fourth-order valence-corrected chi connectivity index (χ4v) is 4.80. The van der Waals surface area contributed by atoms with Gasteiger partial charge in [0.05, 0.1) is 10.6 Å². The lowest BCUT2D eigenvalue weighted by Crippen LogP contribution is -2.23. The number of rotatable bonds is 9. The van der Waals surface area contributed by atoms with Crippen molar-refractivity contribution in [1.29, 1.82) is 0 Å². The number of carbonyl (C=O) groups excluding carboxylic acids is 1. The second kappa shape index (κ2) is 10.2. The molecule has 32 heavy (non-hydrogen) atoms. The zero-order chi connectivity index (χ0) is 22.3. The van der Waals surface area contributed by atoms with Crippen LogP contribution in [0.4, 0.5) is 5.13 Å². The molecule has 4 nitrogen and oxygen atoms in total. The maximum absolute atomic E-state index is 11.8. The second-order valence-electron chi connectivity index (χ2n) is 7.69. The molecule has 0 aliphatic rings. The van der Waals surface area contributed by atoms with Crippen molar-refractivity contribution in [2.75, 3.05) is 11.4 Å². The minimum atomic E-state index is 0.266. The van der Waals surface area contributed by atoms with Crippen molar-refractivity contribution in [3.8, 4) is 27.4 Å². The normalized spacial score (nSPS) is 10.8. The van der Waals surface area contributed by atoms with Crippen LogP contribution in [0.15, 0.2) is 78.9 Å². The van der Waals surface area contributed by atoms with Gasteiger partial charge in [-0.25, -0.2) is 4.98 Å². The van der Waals surface area contributed by atoms with Crippen LogP contribution >= 0.6 is 11.3 Å². The number of aromatic hydroxyl groups is 1. The summed E-state index contributed by atoms with van der Waals surface area (Å²) in [6.07, 6.45) is 3.05. The highest BCUT2D eigenvalue weighted by molar-refractivity contribution is 7.19. The van der Waals surface area contributed by atoms with Crippen LogP contribution in [0.25, 0.3) is 21.7 Å². The van der Waals surface area contributed by atoms with E-state index >= 15 is 0 Å². The number of phenols is 1. The molecule has 1 aromatic heterocycles. The van der Waals surface area contributed by atoms with E-state index in [0.29, 0.717) is 12.1 Å². The minimum absolute atomic E-state index is 0.266. The van der Waals surface area contributed by atoms with Crippen LogP contribution in [0.3, 0.4) is 0 Å². The molecule has 3 aromatic carbocycles. The molecule has 4 rings (SSSR count). The molecule has 0 atom stereocenters. The number of phenolic OH excluding ortho intramolecular Hbond substituents is 1. The number of anilines is 1. The molecule has 5 heteroatoms. The van der Waals surface area contributed by atoms with E-state index in [4.69, 9.17) is 4.98 Å². The molecule has 0 unspecified atom stereocenters. The van der Waals surface area contributed by atoms with Crippen molar-refractivity contribution in [2.24, 2.45) is 0 Å². The third-order valence-electron chi connectivity index (χ3n) is 5.36. The van der Waals surface area contributed by atoms with Gasteiger partial charge in [0.15, 0.2) is 11.4 Å². The summed E-state index contributed by atoms with van der Waals surface area (Å²) in [6.45, 7) is 3.77. The number of benzene rings is 3. The summed E-state index contributed by atoms with van der Waals surface area (Å²) < 4.78 is 0. The van der Waals surface area contributed by atoms with E-state index in [2.05, 4.69) is 24.0 Å². The smallest absolute Gasteiger partial charge is 0.186 e. The van der Waals surface area contributed by atoms with E-state index in [1.165, 1.54) is 0 Å². The summed E-state index contributed by atoms with van der Waals surface area (Å²) in [7, 11) is 0. The number of aromatic nitrogens is 1. The number of nitrogens with zero attached hydrogens (tertiary/aromatic N) is 2. The van der Waals surface area contributed by atoms with Crippen LogP contribution in [0, 0.1) is 0 Å². The van der Waals surface area contributed by atoms with E-state index in [-0.39, 0.29) is 5.75 Å². The molecule has 0 radical (unpaired) electrons. The number of carbonyl (C=O) groups is 1. The van der Waals surface area contributed by atoms with Gasteiger partial charge in [0.2, 0.25) is 0 Å². The Labute approximate surface area is 192 Å². The average Bonchev–Trinajstić information content (AvgIpc) is 3.28. The van der Waals surface area contributed by atoms with E-state index in [9.17, 15) is 9.90 Å². The molecule has 0 amide bonds. The molecule has 162 valence electrons. The Morgan fingerprint density at radius 3 is 2.41 bits per heavy atom. The number of thiazole rings is 1. The standard InChI is InChI=1S/C27H26N2O2S/c1-2-3-17-29(18-20-13-15-23(31)16-14-20)27-28-25(21-9-5-4-6-10-21)26(32-27)24-12-8-7-11-22(24)19-30/h4-16,19,31H,2-3,17-18H2,1H3. The van der Waals surface area contributed by atoms with Crippen molar-refractivity contribution in [1.82, 2.24) is 4.98 Å². The van der Waals surface area contributed by atoms with Crippen molar-refractivity contribution in [3.63, 3.8) is 0 Å². The molecule has 1 N–H and O–H groups in total. The fraction of sp³-hybridized carbons (Fsp3) is 0.185. The van der Waals surface area contributed by atoms with Crippen LogP contribution in [-0.4, -0.2) is 22.9 Å². The predicted octanol–water partition coefficient (Wildman–Crippen LogP) is 6.80. The fourth-order valence-electron chi connectivity index (χ4n) is 3.64. The van der Waals surface area contributed by atoms with Gasteiger partial charge in [0.25, 0.3) is 0 Å². The largest absolute Gasteiger partial charge is 0.508 e. The number of unbranched alkanes of at least 4 members (excludes halogenated alkanes) is 1. The molecule has 0 aliphatic carbocycles. The maximum atomic E-state index is 11.8. The Bertz CT molecular complexity index is 1170. The maximum Gasteiger partial charge on any atom is 0.186 e. The van der Waals surface area contributed by atoms with Crippen molar-refractivity contribution in [2.45, 2.75) is 26.3 Å². The zero-order valence-corrected chi connectivity index (χ0v) is 18.9. The molecular formula is C27H26N2O2S. The summed E-state index contributed by atoms with van der Waals surface area (Å²) in [6, 6.07) is 25.1. The van der Waals surface area contributed by atoms with Gasteiger partial charge in [-0.3, -0.25) is 4.79 Å². The third-order valence-corrected chi connectivity index (χ3v) is 6.51. The Morgan fingerprint density at radius 2 is 1.69 bits per heavy atom. The first kappa shape index (κ1) is 21.8. The van der Waals surface area contributed by atoms with Gasteiger partial charge in [0.1, 0.15) is 5.75 Å².